The van der Waals surface area contributed by atoms with Crippen LogP contribution in [0.1, 0.15) is 33.9 Å². The topological polar surface area (TPSA) is 81.9 Å². The molecule has 2 aromatic heterocycles. The summed E-state index contributed by atoms with van der Waals surface area (Å²) in [6, 6.07) is 9.62. The number of amides is 1. The number of nitrogens with one attached hydrogen (secondary N) is 1. The minimum absolute atomic E-state index is 0.0407. The predicted molar refractivity (Wildman–Crippen MR) is 119 cm³/mol. The van der Waals surface area contributed by atoms with Crippen LogP contribution < -0.4 is 10.1 Å². The number of rotatable bonds is 8. The van der Waals surface area contributed by atoms with Crippen molar-refractivity contribution in [3.8, 4) is 24.0 Å². The average Bonchev–Trinajstić information content (AvgIpc) is 3.01. The Morgan fingerprint density at radius 3 is 2.45 bits per heavy atom. The Morgan fingerprint density at radius 1 is 1.13 bits per heavy atom. The van der Waals surface area contributed by atoms with E-state index in [1.54, 1.807) is 4.68 Å². The number of ether oxygens (including phenoxy) is 1. The van der Waals surface area contributed by atoms with Gasteiger partial charge in [0.2, 0.25) is 5.91 Å². The molecule has 0 radical (unpaired) electrons. The summed E-state index contributed by atoms with van der Waals surface area (Å²) in [4.78, 5) is 21.5. The van der Waals surface area contributed by atoms with E-state index in [0.717, 1.165) is 46.1 Å². The van der Waals surface area contributed by atoms with Crippen molar-refractivity contribution in [2.75, 3.05) is 13.2 Å². The van der Waals surface area contributed by atoms with Crippen LogP contribution in [0.15, 0.2) is 30.3 Å². The minimum atomic E-state index is -0.0407. The van der Waals surface area contributed by atoms with Gasteiger partial charge in [0.05, 0.1) is 12.1 Å². The van der Waals surface area contributed by atoms with Crippen LogP contribution in [0.2, 0.25) is 0 Å². The van der Waals surface area contributed by atoms with Crippen molar-refractivity contribution in [1.82, 2.24) is 25.1 Å². The van der Waals surface area contributed by atoms with E-state index in [0.29, 0.717) is 12.5 Å². The normalized spacial score (nSPS) is 10.5. The molecule has 7 nitrogen and oxygen atoms in total. The monoisotopic (exact) mass is 417 g/mol. The maximum Gasteiger partial charge on any atom is 0.251 e. The quantitative estimate of drug-likeness (QED) is 0.570. The largest absolute Gasteiger partial charge is 0.481 e. The summed E-state index contributed by atoms with van der Waals surface area (Å²) in [5.41, 5.74) is 5.45. The molecule has 0 saturated heterocycles. The summed E-state index contributed by atoms with van der Waals surface area (Å²) in [7, 11) is 0. The fraction of sp³-hybridized carbons (Fsp3) is 0.333. The van der Waals surface area contributed by atoms with Crippen LogP contribution in [0, 0.1) is 40.0 Å². The molecule has 2 heterocycles. The zero-order valence-electron chi connectivity index (χ0n) is 18.4. The summed E-state index contributed by atoms with van der Waals surface area (Å²) in [6.45, 7) is 8.49. The third-order valence-corrected chi connectivity index (χ3v) is 4.92. The van der Waals surface area contributed by atoms with Crippen molar-refractivity contribution in [3.63, 3.8) is 0 Å². The molecule has 1 aromatic carbocycles. The molecule has 0 saturated carbocycles. The molecule has 160 valence electrons. The van der Waals surface area contributed by atoms with Gasteiger partial charge in [-0.1, -0.05) is 18.1 Å². The number of hydrogen-bond acceptors (Lipinski definition) is 5. The molecule has 1 N–H and O–H groups in total. The molecule has 31 heavy (non-hydrogen) atoms. The standard InChI is InChI=1S/C24H27N5O2/c1-6-13-31-21-9-7-20(8-10-21)11-12-25-23(30)15-22-18(4)28-29(19(22)5)24-26-16(2)14-17(3)27-24/h1,7-10,14H,11-13,15H2,2-5H3,(H,25,30). The Bertz CT molecular complexity index is 1090. The van der Waals surface area contributed by atoms with E-state index in [9.17, 15) is 4.79 Å². The van der Waals surface area contributed by atoms with Crippen LogP contribution in [0.3, 0.4) is 0 Å². The number of hydrogen-bond donors (Lipinski definition) is 1. The van der Waals surface area contributed by atoms with Gasteiger partial charge >= 0.3 is 0 Å². The predicted octanol–water partition coefficient (Wildman–Crippen LogP) is 2.81. The number of carbonyl (C=O) groups excluding carboxylic acids is 1. The molecule has 0 spiro atoms. The first kappa shape index (κ1) is 22.0. The second-order valence-electron chi connectivity index (χ2n) is 7.43. The molecule has 0 aliphatic heterocycles. The highest BCUT2D eigenvalue weighted by Crippen LogP contribution is 2.17. The lowest BCUT2D eigenvalue weighted by Gasteiger charge is -2.08. The lowest BCUT2D eigenvalue weighted by atomic mass is 10.1. The minimum Gasteiger partial charge on any atom is -0.481 e. The number of nitrogens with zero attached hydrogens (tertiary/aromatic N) is 4. The van der Waals surface area contributed by atoms with Crippen molar-refractivity contribution >= 4 is 5.91 Å². The molecule has 1 amide bonds. The van der Waals surface area contributed by atoms with Gasteiger partial charge in [0, 0.05) is 29.2 Å². The summed E-state index contributed by atoms with van der Waals surface area (Å²) >= 11 is 0. The van der Waals surface area contributed by atoms with Crippen LogP contribution in [-0.4, -0.2) is 38.8 Å². The highest BCUT2D eigenvalue weighted by atomic mass is 16.5. The smallest absolute Gasteiger partial charge is 0.251 e. The Hall–Kier alpha value is -3.66. The average molecular weight is 418 g/mol. The van der Waals surface area contributed by atoms with Gasteiger partial charge in [-0.25, -0.2) is 14.6 Å². The van der Waals surface area contributed by atoms with Crippen LogP contribution in [-0.2, 0) is 17.6 Å². The number of carbonyl (C=O) groups is 1. The van der Waals surface area contributed by atoms with Gasteiger partial charge in [-0.3, -0.25) is 4.79 Å². The lowest BCUT2D eigenvalue weighted by molar-refractivity contribution is -0.120. The molecule has 0 fully saturated rings. The third-order valence-electron chi connectivity index (χ3n) is 4.92. The first-order valence-electron chi connectivity index (χ1n) is 10.2. The van der Waals surface area contributed by atoms with Gasteiger partial charge in [-0.15, -0.1) is 6.42 Å². The first-order valence-corrected chi connectivity index (χ1v) is 10.2. The highest BCUT2D eigenvalue weighted by Gasteiger charge is 2.17. The fourth-order valence-electron chi connectivity index (χ4n) is 3.37. The highest BCUT2D eigenvalue weighted by molar-refractivity contribution is 5.79. The van der Waals surface area contributed by atoms with Crippen molar-refractivity contribution in [2.24, 2.45) is 0 Å². The van der Waals surface area contributed by atoms with E-state index >= 15 is 0 Å². The summed E-state index contributed by atoms with van der Waals surface area (Å²) in [5, 5.41) is 7.55. The molecule has 0 atom stereocenters. The maximum absolute atomic E-state index is 12.5. The Morgan fingerprint density at radius 2 is 1.81 bits per heavy atom. The SMILES string of the molecule is C#CCOc1ccc(CCNC(=O)Cc2c(C)nn(-c3nc(C)cc(C)n3)c2C)cc1. The zero-order valence-corrected chi connectivity index (χ0v) is 18.4. The van der Waals surface area contributed by atoms with E-state index in [1.807, 2.05) is 58.0 Å². The van der Waals surface area contributed by atoms with E-state index < -0.39 is 0 Å². The third kappa shape index (κ3) is 5.70. The number of aromatic nitrogens is 4. The Kier molecular flexibility index (Phi) is 7.03. The van der Waals surface area contributed by atoms with Gasteiger partial charge < -0.3 is 10.1 Å². The summed E-state index contributed by atoms with van der Waals surface area (Å²) in [5.74, 6) is 3.66. The molecule has 0 aliphatic carbocycles. The van der Waals surface area contributed by atoms with Crippen molar-refractivity contribution in [2.45, 2.75) is 40.5 Å². The van der Waals surface area contributed by atoms with Crippen LogP contribution in [0.5, 0.6) is 5.75 Å². The van der Waals surface area contributed by atoms with E-state index in [-0.39, 0.29) is 18.9 Å². The van der Waals surface area contributed by atoms with E-state index in [2.05, 4.69) is 26.3 Å². The zero-order chi connectivity index (χ0) is 22.4. The van der Waals surface area contributed by atoms with Gasteiger partial charge in [0.15, 0.2) is 0 Å². The summed E-state index contributed by atoms with van der Waals surface area (Å²) in [6.07, 6.45) is 6.19. The summed E-state index contributed by atoms with van der Waals surface area (Å²) < 4.78 is 7.08. The van der Waals surface area contributed by atoms with Crippen molar-refractivity contribution in [3.05, 3.63) is 64.2 Å². The maximum atomic E-state index is 12.5. The molecular weight excluding hydrogens is 390 g/mol. The number of terminal acetylenes is 1. The molecule has 0 bridgehead atoms. The van der Waals surface area contributed by atoms with Gasteiger partial charge in [-0.05, 0) is 57.9 Å². The number of aryl methyl sites for hydroxylation is 3. The molecule has 3 rings (SSSR count). The molecule has 7 heteroatoms. The molecule has 3 aromatic rings. The lowest BCUT2D eigenvalue weighted by Crippen LogP contribution is -2.27. The second kappa shape index (κ2) is 9.90. The Balaban J connectivity index is 1.58. The van der Waals surface area contributed by atoms with Crippen LogP contribution in [0.4, 0.5) is 0 Å². The molecular formula is C24H27N5O2. The van der Waals surface area contributed by atoms with E-state index in [4.69, 9.17) is 11.2 Å². The second-order valence-corrected chi connectivity index (χ2v) is 7.43. The van der Waals surface area contributed by atoms with Gasteiger partial charge in [-0.2, -0.15) is 5.10 Å². The van der Waals surface area contributed by atoms with Crippen LogP contribution in [0.25, 0.3) is 5.95 Å². The number of benzene rings is 1. The van der Waals surface area contributed by atoms with Crippen molar-refractivity contribution in [1.29, 1.82) is 0 Å². The van der Waals surface area contributed by atoms with Gasteiger partial charge in [0.25, 0.3) is 5.95 Å². The Labute approximate surface area is 182 Å². The molecule has 0 unspecified atom stereocenters. The molecule has 0 aliphatic rings. The van der Waals surface area contributed by atoms with Crippen molar-refractivity contribution < 1.29 is 9.53 Å². The fourth-order valence-corrected chi connectivity index (χ4v) is 3.37. The van der Waals surface area contributed by atoms with Crippen LogP contribution >= 0.6 is 0 Å². The first-order chi connectivity index (χ1) is 14.9. The van der Waals surface area contributed by atoms with E-state index in [1.165, 1.54) is 0 Å². The van der Waals surface area contributed by atoms with Gasteiger partial charge in [0.1, 0.15) is 12.4 Å².